The molecule has 0 spiro atoms. The van der Waals surface area contributed by atoms with E-state index in [0.29, 0.717) is 65.6 Å². The zero-order valence-electron chi connectivity index (χ0n) is 35.1. The maximum absolute atomic E-state index is 16.1. The van der Waals surface area contributed by atoms with Crippen LogP contribution in [0.1, 0.15) is 67.9 Å². The number of nitrogens with zero attached hydrogens (tertiary/aromatic N) is 1. The molecule has 0 bridgehead atoms. The van der Waals surface area contributed by atoms with Crippen molar-refractivity contribution in [2.75, 3.05) is 78.4 Å². The van der Waals surface area contributed by atoms with Crippen molar-refractivity contribution in [1.29, 1.82) is 5.26 Å². The monoisotopic (exact) mass is 889 g/mol. The highest BCUT2D eigenvalue weighted by molar-refractivity contribution is 6.31. The summed E-state index contributed by atoms with van der Waals surface area (Å²) >= 11 is 12.4. The molecule has 1 fully saturated rings. The number of rotatable bonds is 23. The third-order valence-electron chi connectivity index (χ3n) is 9.95. The first-order chi connectivity index (χ1) is 29.2. The van der Waals surface area contributed by atoms with E-state index >= 15 is 8.78 Å². The molecule has 332 valence electrons. The summed E-state index contributed by atoms with van der Waals surface area (Å²) in [6.07, 6.45) is 0.611. The minimum Gasteiger partial charge on any atom is -0.495 e. The van der Waals surface area contributed by atoms with Crippen LogP contribution in [0.25, 0.3) is 0 Å². The number of benzene rings is 3. The SMILES string of the molecule is CCNC(=O)CCOCCOCCOCCOCCNC(=O)c1ccc(NC(=O)[C@@H]2NC(CC(C)(C)C)[C@](C#N)(c3ccc(Cl)cc3F)C2c2cccc(Cl)c2F)c(OC)c1. The van der Waals surface area contributed by atoms with Gasteiger partial charge >= 0.3 is 0 Å². The first-order valence-corrected chi connectivity index (χ1v) is 20.8. The van der Waals surface area contributed by atoms with Gasteiger partial charge in [-0.05, 0) is 60.7 Å². The fourth-order valence-electron chi connectivity index (χ4n) is 7.25. The lowest BCUT2D eigenvalue weighted by molar-refractivity contribution is -0.122. The summed E-state index contributed by atoms with van der Waals surface area (Å²) in [4.78, 5) is 38.8. The third kappa shape index (κ3) is 13.5. The maximum Gasteiger partial charge on any atom is 0.251 e. The topological polar surface area (TPSA) is 169 Å². The average molecular weight is 891 g/mol. The molecule has 0 aromatic heterocycles. The minimum absolute atomic E-state index is 0.0422. The lowest BCUT2D eigenvalue weighted by Gasteiger charge is -2.37. The molecule has 4 atom stereocenters. The van der Waals surface area contributed by atoms with E-state index in [4.69, 9.17) is 46.9 Å². The van der Waals surface area contributed by atoms with Crippen molar-refractivity contribution in [1.82, 2.24) is 16.0 Å². The van der Waals surface area contributed by atoms with Gasteiger partial charge in [0.25, 0.3) is 5.91 Å². The number of amides is 3. The Balaban J connectivity index is 1.36. The fraction of sp³-hybridized carbons (Fsp3) is 0.500. The largest absolute Gasteiger partial charge is 0.495 e. The van der Waals surface area contributed by atoms with Crippen LogP contribution < -0.4 is 26.0 Å². The minimum atomic E-state index is -1.81. The van der Waals surface area contributed by atoms with Gasteiger partial charge in [0.2, 0.25) is 11.8 Å². The number of hydrogen-bond acceptors (Lipinski definition) is 10. The van der Waals surface area contributed by atoms with E-state index in [0.717, 1.165) is 6.07 Å². The molecular formula is C44H55Cl2F2N5O8. The second-order valence-electron chi connectivity index (χ2n) is 15.5. The fourth-order valence-corrected chi connectivity index (χ4v) is 7.59. The number of nitriles is 1. The Morgan fingerprint density at radius 3 is 2.15 bits per heavy atom. The van der Waals surface area contributed by atoms with Gasteiger partial charge in [-0.25, -0.2) is 8.78 Å². The molecule has 1 aliphatic rings. The molecule has 0 radical (unpaired) electrons. The molecule has 3 amide bonds. The van der Waals surface area contributed by atoms with Crippen molar-refractivity contribution in [3.8, 4) is 11.8 Å². The zero-order valence-corrected chi connectivity index (χ0v) is 36.7. The van der Waals surface area contributed by atoms with Gasteiger partial charge in [-0.1, -0.05) is 62.2 Å². The Hall–Kier alpha value is -4.40. The van der Waals surface area contributed by atoms with Crippen LogP contribution in [0, 0.1) is 28.4 Å². The number of methoxy groups -OCH3 is 1. The van der Waals surface area contributed by atoms with Crippen molar-refractivity contribution in [2.24, 2.45) is 5.41 Å². The van der Waals surface area contributed by atoms with Gasteiger partial charge in [-0.3, -0.25) is 14.4 Å². The number of carbonyl (C=O) groups is 3. The predicted octanol–water partition coefficient (Wildman–Crippen LogP) is 6.56. The van der Waals surface area contributed by atoms with E-state index < -0.39 is 52.3 Å². The van der Waals surface area contributed by atoms with E-state index in [2.05, 4.69) is 27.3 Å². The van der Waals surface area contributed by atoms with E-state index in [1.807, 2.05) is 27.7 Å². The van der Waals surface area contributed by atoms with Gasteiger partial charge in [0.1, 0.15) is 22.8 Å². The average Bonchev–Trinajstić information content (AvgIpc) is 3.53. The molecule has 2 unspecified atom stereocenters. The van der Waals surface area contributed by atoms with Gasteiger partial charge < -0.3 is 45.0 Å². The molecule has 17 heteroatoms. The number of anilines is 1. The molecule has 1 saturated heterocycles. The molecule has 0 saturated carbocycles. The molecule has 4 rings (SSSR count). The van der Waals surface area contributed by atoms with Crippen LogP contribution in [0.4, 0.5) is 14.5 Å². The Morgan fingerprint density at radius 2 is 1.54 bits per heavy atom. The molecule has 13 nitrogen and oxygen atoms in total. The van der Waals surface area contributed by atoms with Crippen LogP contribution in [-0.4, -0.2) is 103 Å². The van der Waals surface area contributed by atoms with Crippen LogP contribution in [0.15, 0.2) is 54.6 Å². The molecule has 1 aliphatic heterocycles. The lowest BCUT2D eigenvalue weighted by Crippen LogP contribution is -2.45. The highest BCUT2D eigenvalue weighted by Gasteiger charge is 2.61. The van der Waals surface area contributed by atoms with E-state index in [-0.39, 0.29) is 57.2 Å². The van der Waals surface area contributed by atoms with Crippen LogP contribution in [0.3, 0.4) is 0 Å². The summed E-state index contributed by atoms with van der Waals surface area (Å²) in [7, 11) is 1.38. The quantitative estimate of drug-likeness (QED) is 0.0766. The number of hydrogen-bond donors (Lipinski definition) is 4. The normalized spacial score (nSPS) is 18.7. The zero-order chi connectivity index (χ0) is 44.6. The lowest BCUT2D eigenvalue weighted by atomic mass is 9.62. The standard InChI is InChI=1S/C44H55Cl2F2N5O8/c1-6-50-37(54)14-16-58-18-20-60-22-23-61-21-19-59-17-15-51-41(55)28-10-13-34(35(24-28)57-5)52-42(56)40-38(30-8-7-9-32(46)39(30)48)44(27-49,36(53-40)26-43(2,3)4)31-12-11-29(45)25-33(31)47/h7-13,24-25,36,38,40,53H,6,14-23,26H2,1-5H3,(H,50,54)(H,51,55)(H,52,56)/t36?,38?,40-,44+/m1/s1. The van der Waals surface area contributed by atoms with Gasteiger partial charge in [-0.2, -0.15) is 5.26 Å². The number of ether oxygens (including phenoxy) is 5. The summed E-state index contributed by atoms with van der Waals surface area (Å²) in [5.41, 5.74) is -1.87. The number of carbonyl (C=O) groups excluding carboxylic acids is 3. The first kappa shape index (κ1) is 49.3. The molecule has 61 heavy (non-hydrogen) atoms. The van der Waals surface area contributed by atoms with Crippen LogP contribution in [0.2, 0.25) is 10.0 Å². The summed E-state index contributed by atoms with van der Waals surface area (Å²) in [6.45, 7) is 11.2. The Morgan fingerprint density at radius 1 is 0.885 bits per heavy atom. The number of halogens is 4. The van der Waals surface area contributed by atoms with Gasteiger partial charge in [0.05, 0.1) is 82.8 Å². The smallest absolute Gasteiger partial charge is 0.251 e. The van der Waals surface area contributed by atoms with E-state index in [1.54, 1.807) is 0 Å². The van der Waals surface area contributed by atoms with Gasteiger partial charge in [-0.15, -0.1) is 0 Å². The van der Waals surface area contributed by atoms with Crippen molar-refractivity contribution in [2.45, 2.75) is 64.0 Å². The Labute approximate surface area is 366 Å². The van der Waals surface area contributed by atoms with E-state index in [1.165, 1.54) is 55.6 Å². The second kappa shape index (κ2) is 23.7. The van der Waals surface area contributed by atoms with E-state index in [9.17, 15) is 19.6 Å². The number of nitrogens with one attached hydrogen (secondary N) is 4. The molecular weight excluding hydrogens is 835 g/mol. The summed E-state index contributed by atoms with van der Waals surface area (Å²) in [6, 6.07) is 12.9. The Kier molecular flexibility index (Phi) is 19.2. The summed E-state index contributed by atoms with van der Waals surface area (Å²) in [5, 5.41) is 22.6. The van der Waals surface area contributed by atoms with Crippen LogP contribution >= 0.6 is 23.2 Å². The van der Waals surface area contributed by atoms with Gasteiger partial charge in [0, 0.05) is 47.6 Å². The van der Waals surface area contributed by atoms with Crippen molar-refractivity contribution in [3.63, 3.8) is 0 Å². The highest BCUT2D eigenvalue weighted by atomic mass is 35.5. The second-order valence-corrected chi connectivity index (χ2v) is 16.3. The highest BCUT2D eigenvalue weighted by Crippen LogP contribution is 2.53. The Bertz CT molecular complexity index is 2000. The molecule has 3 aromatic rings. The molecule has 0 aliphatic carbocycles. The first-order valence-electron chi connectivity index (χ1n) is 20.1. The van der Waals surface area contributed by atoms with Crippen LogP contribution in [-0.2, 0) is 34.0 Å². The molecule has 1 heterocycles. The molecule has 3 aromatic carbocycles. The maximum atomic E-state index is 16.1. The third-order valence-corrected chi connectivity index (χ3v) is 10.5. The molecule has 4 N–H and O–H groups in total. The van der Waals surface area contributed by atoms with Crippen LogP contribution in [0.5, 0.6) is 5.75 Å². The van der Waals surface area contributed by atoms with Crippen molar-refractivity contribution < 1.29 is 46.8 Å². The van der Waals surface area contributed by atoms with Crippen molar-refractivity contribution >= 4 is 46.6 Å². The van der Waals surface area contributed by atoms with Gasteiger partial charge in [0.15, 0.2) is 0 Å². The van der Waals surface area contributed by atoms with Crippen molar-refractivity contribution in [3.05, 3.63) is 93.0 Å². The summed E-state index contributed by atoms with van der Waals surface area (Å²) in [5.74, 6) is -3.84. The predicted molar refractivity (Wildman–Crippen MR) is 228 cm³/mol. The summed E-state index contributed by atoms with van der Waals surface area (Å²) < 4.78 is 59.4.